The summed E-state index contributed by atoms with van der Waals surface area (Å²) in [7, 11) is 1.79. The van der Waals surface area contributed by atoms with E-state index in [2.05, 4.69) is 15.6 Å². The van der Waals surface area contributed by atoms with Crippen LogP contribution in [0.2, 0.25) is 0 Å². The Kier molecular flexibility index (Phi) is 7.79. The fourth-order valence-corrected chi connectivity index (χ4v) is 2.40. The van der Waals surface area contributed by atoms with Crippen LogP contribution in [-0.2, 0) is 27.9 Å². The summed E-state index contributed by atoms with van der Waals surface area (Å²) in [5, 5.41) is 14.6. The minimum absolute atomic E-state index is 0.0387. The molecule has 2 amide bonds. The van der Waals surface area contributed by atoms with Crippen molar-refractivity contribution in [2.75, 3.05) is 0 Å². The number of amides is 2. The molecular formula is C18H30N4O4. The number of aryl methyl sites for hydroxylation is 1. The number of hydrogen-bond donors (Lipinski definition) is 3. The number of carboxylic acids is 1. The molecule has 8 nitrogen and oxygen atoms in total. The second-order valence-corrected chi connectivity index (χ2v) is 7.67. The number of imidazole rings is 1. The molecule has 8 heteroatoms. The van der Waals surface area contributed by atoms with E-state index in [1.165, 1.54) is 0 Å². The number of aromatic nitrogens is 2. The highest BCUT2D eigenvalue weighted by molar-refractivity contribution is 5.90. The lowest BCUT2D eigenvalue weighted by atomic mass is 9.88. The molecule has 0 radical (unpaired) electrons. The minimum atomic E-state index is -1.08. The third-order valence-corrected chi connectivity index (χ3v) is 4.10. The van der Waals surface area contributed by atoms with Gasteiger partial charge in [-0.2, -0.15) is 0 Å². The van der Waals surface area contributed by atoms with Crippen molar-refractivity contribution in [2.24, 2.45) is 12.5 Å². The number of aliphatic carboxylic acids is 1. The molecule has 3 N–H and O–H groups in total. The number of carbonyl (C=O) groups is 3. The van der Waals surface area contributed by atoms with Crippen LogP contribution >= 0.6 is 0 Å². The van der Waals surface area contributed by atoms with Gasteiger partial charge in [0.05, 0.1) is 6.33 Å². The Balaban J connectivity index is 2.86. The monoisotopic (exact) mass is 366 g/mol. The van der Waals surface area contributed by atoms with Gasteiger partial charge in [0, 0.05) is 31.8 Å². The Morgan fingerprint density at radius 2 is 1.88 bits per heavy atom. The van der Waals surface area contributed by atoms with E-state index in [9.17, 15) is 19.5 Å². The lowest BCUT2D eigenvalue weighted by molar-refractivity contribution is -0.142. The molecule has 0 aliphatic rings. The first-order valence-corrected chi connectivity index (χ1v) is 8.81. The topological polar surface area (TPSA) is 113 Å². The third kappa shape index (κ3) is 7.25. The molecule has 0 saturated carbocycles. The van der Waals surface area contributed by atoms with Crippen LogP contribution in [0.3, 0.4) is 0 Å². The molecule has 0 unspecified atom stereocenters. The summed E-state index contributed by atoms with van der Waals surface area (Å²) in [6.07, 6.45) is 4.67. The number of rotatable bonds is 9. The van der Waals surface area contributed by atoms with E-state index in [0.29, 0.717) is 12.8 Å². The molecule has 146 valence electrons. The second kappa shape index (κ2) is 9.35. The van der Waals surface area contributed by atoms with E-state index >= 15 is 0 Å². The fourth-order valence-electron chi connectivity index (χ4n) is 2.40. The van der Waals surface area contributed by atoms with Crippen LogP contribution in [0.25, 0.3) is 0 Å². The highest BCUT2D eigenvalue weighted by atomic mass is 16.4. The molecule has 0 fully saturated rings. The van der Waals surface area contributed by atoms with Gasteiger partial charge in [-0.25, -0.2) is 9.78 Å². The van der Waals surface area contributed by atoms with Crippen molar-refractivity contribution in [2.45, 2.75) is 65.5 Å². The summed E-state index contributed by atoms with van der Waals surface area (Å²) in [5.74, 6) is -1.85. The van der Waals surface area contributed by atoms with Gasteiger partial charge >= 0.3 is 5.97 Å². The standard InChI is InChI=1S/C18H30N4O4/c1-6-15(23)20-14(9-12-10-19-11-22(12)5)16(24)21-13(17(25)26)7-8-18(2,3)4/h10-11,13-14H,6-9H2,1-5H3,(H,20,23)(H,21,24)(H,25,26)/t13-,14-/m0/s1. The molecule has 1 rings (SSSR count). The van der Waals surface area contributed by atoms with Crippen molar-refractivity contribution in [3.05, 3.63) is 18.2 Å². The highest BCUT2D eigenvalue weighted by Crippen LogP contribution is 2.21. The van der Waals surface area contributed by atoms with Crippen LogP contribution in [0.1, 0.15) is 52.7 Å². The lowest BCUT2D eigenvalue weighted by Gasteiger charge is -2.24. The first kappa shape index (κ1) is 21.7. The Bertz CT molecular complexity index is 633. The molecule has 1 heterocycles. The van der Waals surface area contributed by atoms with Crippen LogP contribution in [0.5, 0.6) is 0 Å². The predicted octanol–water partition coefficient (Wildman–Crippen LogP) is 1.25. The molecule has 0 aliphatic carbocycles. The summed E-state index contributed by atoms with van der Waals surface area (Å²) >= 11 is 0. The molecule has 26 heavy (non-hydrogen) atoms. The second-order valence-electron chi connectivity index (χ2n) is 7.67. The van der Waals surface area contributed by atoms with E-state index in [1.54, 1.807) is 31.1 Å². The average molecular weight is 366 g/mol. The molecule has 0 spiro atoms. The molecular weight excluding hydrogens is 336 g/mol. The van der Waals surface area contributed by atoms with E-state index in [4.69, 9.17) is 0 Å². The Labute approximate surface area is 154 Å². The van der Waals surface area contributed by atoms with Crippen molar-refractivity contribution in [1.82, 2.24) is 20.2 Å². The van der Waals surface area contributed by atoms with E-state index in [1.807, 2.05) is 20.8 Å². The van der Waals surface area contributed by atoms with E-state index in [0.717, 1.165) is 5.69 Å². The van der Waals surface area contributed by atoms with Gasteiger partial charge in [0.15, 0.2) is 0 Å². The SMILES string of the molecule is CCC(=O)N[C@@H](Cc1cncn1C)C(=O)N[C@@H](CCC(C)(C)C)C(=O)O. The number of nitrogens with zero attached hydrogens (tertiary/aromatic N) is 2. The maximum atomic E-state index is 12.7. The van der Waals surface area contributed by atoms with E-state index < -0.39 is 24.0 Å². The van der Waals surface area contributed by atoms with Crippen LogP contribution in [-0.4, -0.2) is 44.5 Å². The van der Waals surface area contributed by atoms with Gasteiger partial charge in [0.2, 0.25) is 11.8 Å². The lowest BCUT2D eigenvalue weighted by Crippen LogP contribution is -2.52. The zero-order valence-corrected chi connectivity index (χ0v) is 16.2. The molecule has 0 aliphatic heterocycles. The van der Waals surface area contributed by atoms with Crippen molar-refractivity contribution in [1.29, 1.82) is 0 Å². The summed E-state index contributed by atoms with van der Waals surface area (Å²) in [5.41, 5.74) is 0.728. The van der Waals surface area contributed by atoms with E-state index in [-0.39, 0.29) is 24.2 Å². The Morgan fingerprint density at radius 1 is 1.23 bits per heavy atom. The first-order valence-electron chi connectivity index (χ1n) is 8.81. The van der Waals surface area contributed by atoms with Crippen molar-refractivity contribution >= 4 is 17.8 Å². The maximum Gasteiger partial charge on any atom is 0.326 e. The van der Waals surface area contributed by atoms with Gasteiger partial charge in [0.25, 0.3) is 0 Å². The minimum Gasteiger partial charge on any atom is -0.480 e. The fraction of sp³-hybridized carbons (Fsp3) is 0.667. The van der Waals surface area contributed by atoms with Crippen LogP contribution < -0.4 is 10.6 Å². The zero-order valence-electron chi connectivity index (χ0n) is 16.2. The number of nitrogens with one attached hydrogen (secondary N) is 2. The van der Waals surface area contributed by atoms with Crippen molar-refractivity contribution in [3.63, 3.8) is 0 Å². The number of carbonyl (C=O) groups excluding carboxylic acids is 2. The van der Waals surface area contributed by atoms with Crippen LogP contribution in [0, 0.1) is 5.41 Å². The molecule has 1 aromatic rings. The van der Waals surface area contributed by atoms with Crippen molar-refractivity contribution in [3.8, 4) is 0 Å². The highest BCUT2D eigenvalue weighted by Gasteiger charge is 2.28. The quantitative estimate of drug-likeness (QED) is 0.609. The number of carboxylic acid groups (broad SMARTS) is 1. The van der Waals surface area contributed by atoms with Gasteiger partial charge in [-0.3, -0.25) is 9.59 Å². The zero-order chi connectivity index (χ0) is 19.9. The Hall–Kier alpha value is -2.38. The number of hydrogen-bond acceptors (Lipinski definition) is 4. The van der Waals surface area contributed by atoms with Gasteiger partial charge < -0.3 is 20.3 Å². The van der Waals surface area contributed by atoms with Crippen molar-refractivity contribution < 1.29 is 19.5 Å². The third-order valence-electron chi connectivity index (χ3n) is 4.10. The van der Waals surface area contributed by atoms with Gasteiger partial charge in [-0.15, -0.1) is 0 Å². The molecule has 1 aromatic heterocycles. The molecule has 0 aromatic carbocycles. The first-order chi connectivity index (χ1) is 12.0. The molecule has 0 saturated heterocycles. The largest absolute Gasteiger partial charge is 0.480 e. The summed E-state index contributed by atoms with van der Waals surface area (Å²) in [6, 6.07) is -1.84. The average Bonchev–Trinajstić information content (AvgIpc) is 2.94. The molecule has 2 atom stereocenters. The normalized spacial score (nSPS) is 13.7. The summed E-state index contributed by atoms with van der Waals surface area (Å²) < 4.78 is 1.76. The molecule has 0 bridgehead atoms. The maximum absolute atomic E-state index is 12.7. The summed E-state index contributed by atoms with van der Waals surface area (Å²) in [4.78, 5) is 40.0. The van der Waals surface area contributed by atoms with Crippen LogP contribution in [0.15, 0.2) is 12.5 Å². The smallest absolute Gasteiger partial charge is 0.326 e. The van der Waals surface area contributed by atoms with Gasteiger partial charge in [-0.1, -0.05) is 27.7 Å². The van der Waals surface area contributed by atoms with Crippen LogP contribution in [0.4, 0.5) is 0 Å². The Morgan fingerprint density at radius 3 is 2.35 bits per heavy atom. The predicted molar refractivity (Wildman–Crippen MR) is 97.4 cm³/mol. The summed E-state index contributed by atoms with van der Waals surface area (Å²) in [6.45, 7) is 7.74. The van der Waals surface area contributed by atoms with Gasteiger partial charge in [-0.05, 0) is 18.3 Å². The van der Waals surface area contributed by atoms with Gasteiger partial charge in [0.1, 0.15) is 12.1 Å².